The number of aromatic nitrogens is 2. The van der Waals surface area contributed by atoms with E-state index in [1.54, 1.807) is 0 Å². The number of fused-ring (bicyclic) bond motifs is 1. The normalized spacial score (nSPS) is 20.9. The van der Waals surface area contributed by atoms with Crippen LogP contribution in [0.15, 0.2) is 18.2 Å². The van der Waals surface area contributed by atoms with Crippen molar-refractivity contribution in [2.75, 3.05) is 20.1 Å². The summed E-state index contributed by atoms with van der Waals surface area (Å²) in [7, 11) is 2.17. The van der Waals surface area contributed by atoms with Crippen LogP contribution in [-0.2, 0) is 6.54 Å². The van der Waals surface area contributed by atoms with E-state index in [0.29, 0.717) is 5.92 Å². The van der Waals surface area contributed by atoms with E-state index in [4.69, 9.17) is 23.8 Å². The fourth-order valence-electron chi connectivity index (χ4n) is 2.74. The molecule has 1 aromatic heterocycles. The van der Waals surface area contributed by atoms with E-state index in [9.17, 15) is 0 Å². The third kappa shape index (κ3) is 2.20. The molecule has 1 N–H and O–H groups in total. The minimum Gasteiger partial charge on any atom is -0.331 e. The second-order valence-electron chi connectivity index (χ2n) is 5.12. The van der Waals surface area contributed by atoms with Crippen LogP contribution in [0.4, 0.5) is 0 Å². The summed E-state index contributed by atoms with van der Waals surface area (Å²) < 4.78 is 2.97. The van der Waals surface area contributed by atoms with Gasteiger partial charge in [-0.3, -0.25) is 0 Å². The van der Waals surface area contributed by atoms with Gasteiger partial charge in [0.15, 0.2) is 4.77 Å². The molecule has 1 atom stereocenters. The third-order valence-electron chi connectivity index (χ3n) is 3.67. The molecule has 0 amide bonds. The Bertz CT molecular complexity index is 631. The Balaban J connectivity index is 1.98. The lowest BCUT2D eigenvalue weighted by atomic mass is 10.1. The van der Waals surface area contributed by atoms with Crippen molar-refractivity contribution in [2.24, 2.45) is 5.92 Å². The van der Waals surface area contributed by atoms with Gasteiger partial charge in [0.25, 0.3) is 0 Å². The van der Waals surface area contributed by atoms with Crippen LogP contribution in [0.1, 0.15) is 6.42 Å². The number of nitrogens with zero attached hydrogens (tertiary/aromatic N) is 2. The number of aromatic amines is 1. The number of hydrogen-bond acceptors (Lipinski definition) is 2. The van der Waals surface area contributed by atoms with Gasteiger partial charge >= 0.3 is 0 Å². The summed E-state index contributed by atoms with van der Waals surface area (Å²) >= 11 is 11.5. The Hall–Kier alpha value is -0.840. The summed E-state index contributed by atoms with van der Waals surface area (Å²) in [6, 6.07) is 5.87. The first kappa shape index (κ1) is 12.2. The molecule has 0 bridgehead atoms. The number of nitrogens with one attached hydrogen (secondary N) is 1. The number of rotatable bonds is 2. The second kappa shape index (κ2) is 4.68. The zero-order chi connectivity index (χ0) is 12.7. The molecule has 96 valence electrons. The fraction of sp³-hybridized carbons (Fsp3) is 0.462. The molecule has 2 aromatic rings. The zero-order valence-electron chi connectivity index (χ0n) is 10.3. The van der Waals surface area contributed by atoms with Crippen molar-refractivity contribution in [1.82, 2.24) is 14.5 Å². The van der Waals surface area contributed by atoms with E-state index in [-0.39, 0.29) is 0 Å². The van der Waals surface area contributed by atoms with E-state index < -0.39 is 0 Å². The molecule has 3 rings (SSSR count). The van der Waals surface area contributed by atoms with Gasteiger partial charge in [-0.05, 0) is 56.3 Å². The van der Waals surface area contributed by atoms with Crippen LogP contribution in [0.5, 0.6) is 0 Å². The van der Waals surface area contributed by atoms with Crippen LogP contribution in [0.25, 0.3) is 11.0 Å². The summed E-state index contributed by atoms with van der Waals surface area (Å²) in [5, 5.41) is 0.758. The molecule has 1 fully saturated rings. The molecule has 0 aliphatic carbocycles. The summed E-state index contributed by atoms with van der Waals surface area (Å²) in [6.07, 6.45) is 1.24. The molecule has 1 saturated heterocycles. The van der Waals surface area contributed by atoms with Crippen LogP contribution >= 0.6 is 23.8 Å². The highest BCUT2D eigenvalue weighted by Crippen LogP contribution is 2.23. The Labute approximate surface area is 116 Å². The topological polar surface area (TPSA) is 24.0 Å². The number of imidazole rings is 1. The maximum absolute atomic E-state index is 6.07. The van der Waals surface area contributed by atoms with Crippen molar-refractivity contribution in [2.45, 2.75) is 13.0 Å². The lowest BCUT2D eigenvalue weighted by Crippen LogP contribution is -2.17. The minimum atomic E-state index is 0.680. The van der Waals surface area contributed by atoms with Gasteiger partial charge < -0.3 is 14.5 Å². The Morgan fingerprint density at radius 3 is 3.06 bits per heavy atom. The molecule has 0 saturated carbocycles. The maximum atomic E-state index is 6.07. The van der Waals surface area contributed by atoms with E-state index in [2.05, 4.69) is 21.5 Å². The van der Waals surface area contributed by atoms with E-state index in [1.807, 2.05) is 18.2 Å². The van der Waals surface area contributed by atoms with E-state index in [1.165, 1.54) is 13.0 Å². The van der Waals surface area contributed by atoms with Crippen molar-refractivity contribution in [3.63, 3.8) is 0 Å². The quantitative estimate of drug-likeness (QED) is 0.854. The highest BCUT2D eigenvalue weighted by Gasteiger charge is 2.20. The highest BCUT2D eigenvalue weighted by molar-refractivity contribution is 7.71. The van der Waals surface area contributed by atoms with Crippen LogP contribution in [0.2, 0.25) is 5.02 Å². The predicted molar refractivity (Wildman–Crippen MR) is 77.7 cm³/mol. The van der Waals surface area contributed by atoms with Gasteiger partial charge in [0.05, 0.1) is 11.0 Å². The molecule has 18 heavy (non-hydrogen) atoms. The summed E-state index contributed by atoms with van der Waals surface area (Å²) in [6.45, 7) is 3.31. The average Bonchev–Trinajstić information content (AvgIpc) is 2.86. The van der Waals surface area contributed by atoms with Gasteiger partial charge in [-0.25, -0.2) is 0 Å². The standard InChI is InChI=1S/C13H16ClN3S/c1-16-5-4-9(7-16)8-17-12-6-10(14)2-3-11(12)15-13(17)18/h2-3,6,9H,4-5,7-8H2,1H3,(H,15,18). The number of halogens is 1. The maximum Gasteiger partial charge on any atom is 0.178 e. The van der Waals surface area contributed by atoms with Crippen molar-refractivity contribution in [3.8, 4) is 0 Å². The largest absolute Gasteiger partial charge is 0.331 e. The number of likely N-dealkylation sites (tertiary alicyclic amines) is 1. The smallest absolute Gasteiger partial charge is 0.178 e. The predicted octanol–water partition coefficient (Wildman–Crippen LogP) is 3.30. The molecule has 1 unspecified atom stereocenters. The Kier molecular flexibility index (Phi) is 3.18. The van der Waals surface area contributed by atoms with Crippen LogP contribution < -0.4 is 0 Å². The monoisotopic (exact) mass is 281 g/mol. The van der Waals surface area contributed by atoms with E-state index >= 15 is 0 Å². The number of hydrogen-bond donors (Lipinski definition) is 1. The SMILES string of the molecule is CN1CCC(Cn2c(=S)[nH]c3ccc(Cl)cc32)C1. The Morgan fingerprint density at radius 1 is 1.50 bits per heavy atom. The molecule has 3 nitrogen and oxygen atoms in total. The van der Waals surface area contributed by atoms with Gasteiger partial charge in [0, 0.05) is 18.1 Å². The third-order valence-corrected chi connectivity index (χ3v) is 4.22. The number of H-pyrrole nitrogens is 1. The molecule has 0 spiro atoms. The molecular formula is C13H16ClN3S. The molecule has 1 aromatic carbocycles. The first-order chi connectivity index (χ1) is 8.63. The van der Waals surface area contributed by atoms with Crippen LogP contribution in [-0.4, -0.2) is 34.6 Å². The lowest BCUT2D eigenvalue weighted by molar-refractivity contribution is 0.379. The first-order valence-corrected chi connectivity index (χ1v) is 6.99. The fourth-order valence-corrected chi connectivity index (χ4v) is 3.19. The molecule has 0 radical (unpaired) electrons. The summed E-state index contributed by atoms with van der Waals surface area (Å²) in [4.78, 5) is 5.62. The van der Waals surface area contributed by atoms with Gasteiger partial charge in [-0.1, -0.05) is 11.6 Å². The van der Waals surface area contributed by atoms with Crippen LogP contribution in [0, 0.1) is 10.7 Å². The molecule has 2 heterocycles. The van der Waals surface area contributed by atoms with Crippen molar-refractivity contribution in [3.05, 3.63) is 28.0 Å². The number of benzene rings is 1. The molecule has 5 heteroatoms. The van der Waals surface area contributed by atoms with Gasteiger partial charge in [0.2, 0.25) is 0 Å². The highest BCUT2D eigenvalue weighted by atomic mass is 35.5. The van der Waals surface area contributed by atoms with Crippen molar-refractivity contribution in [1.29, 1.82) is 0 Å². The minimum absolute atomic E-state index is 0.680. The summed E-state index contributed by atoms with van der Waals surface area (Å²) in [5.41, 5.74) is 2.18. The Morgan fingerprint density at radius 2 is 2.33 bits per heavy atom. The first-order valence-electron chi connectivity index (χ1n) is 6.20. The van der Waals surface area contributed by atoms with Crippen LogP contribution in [0.3, 0.4) is 0 Å². The van der Waals surface area contributed by atoms with E-state index in [0.717, 1.165) is 33.9 Å². The van der Waals surface area contributed by atoms with Gasteiger partial charge in [-0.2, -0.15) is 0 Å². The molecule has 1 aliphatic rings. The molecular weight excluding hydrogens is 266 g/mol. The molecule has 1 aliphatic heterocycles. The average molecular weight is 282 g/mol. The van der Waals surface area contributed by atoms with Crippen molar-refractivity contribution < 1.29 is 0 Å². The van der Waals surface area contributed by atoms with Gasteiger partial charge in [0.1, 0.15) is 0 Å². The summed E-state index contributed by atoms with van der Waals surface area (Å²) in [5.74, 6) is 0.680. The van der Waals surface area contributed by atoms with Crippen molar-refractivity contribution >= 4 is 34.9 Å². The lowest BCUT2D eigenvalue weighted by Gasteiger charge is -2.12. The van der Waals surface area contributed by atoms with Gasteiger partial charge in [-0.15, -0.1) is 0 Å². The second-order valence-corrected chi connectivity index (χ2v) is 5.94. The zero-order valence-corrected chi connectivity index (χ0v) is 11.9.